The van der Waals surface area contributed by atoms with Crippen molar-refractivity contribution in [1.82, 2.24) is 0 Å². The summed E-state index contributed by atoms with van der Waals surface area (Å²) in [7, 11) is -3.72. The lowest BCUT2D eigenvalue weighted by molar-refractivity contribution is -0.526. The van der Waals surface area contributed by atoms with Gasteiger partial charge in [-0.15, -0.1) is 0 Å². The Bertz CT molecular complexity index is 844. The second-order valence-electron chi connectivity index (χ2n) is 12.5. The van der Waals surface area contributed by atoms with Crippen LogP contribution < -0.4 is 0 Å². The van der Waals surface area contributed by atoms with Gasteiger partial charge in [-0.3, -0.25) is 14.3 Å². The second-order valence-corrected chi connectivity index (χ2v) is 14.4. The van der Waals surface area contributed by atoms with Gasteiger partial charge in [0.1, 0.15) is 0 Å². The molecule has 4 aliphatic carbocycles. The Morgan fingerprint density at radius 3 is 1.87 bits per heavy atom. The molecular weight excluding hydrogens is 506 g/mol. The van der Waals surface area contributed by atoms with Gasteiger partial charge in [0.2, 0.25) is 6.04 Å². The Morgan fingerprint density at radius 1 is 0.763 bits per heavy atom. The lowest BCUT2D eigenvalue weighted by Gasteiger charge is -2.55. The lowest BCUT2D eigenvalue weighted by atomic mass is 9.55. The van der Waals surface area contributed by atoms with E-state index in [1.165, 1.54) is 25.7 Å². The van der Waals surface area contributed by atoms with E-state index in [9.17, 15) is 18.5 Å². The van der Waals surface area contributed by atoms with Crippen molar-refractivity contribution < 1.29 is 27.0 Å². The molecule has 0 N–H and O–H groups in total. The van der Waals surface area contributed by atoms with Crippen molar-refractivity contribution in [2.45, 2.75) is 134 Å². The molecule has 0 radical (unpaired) electrons. The monoisotopic (exact) mass is 557 g/mol. The molecule has 4 fully saturated rings. The van der Waals surface area contributed by atoms with Gasteiger partial charge in [-0.2, -0.15) is 8.42 Å². The van der Waals surface area contributed by atoms with Gasteiger partial charge >= 0.3 is 0 Å². The van der Waals surface area contributed by atoms with Gasteiger partial charge in [0.05, 0.1) is 24.1 Å². The normalized spacial score (nSPS) is 37.8. The molecule has 0 aromatic rings. The number of rotatable bonds is 13. The minimum Gasteiger partial charge on any atom is -0.378 e. The summed E-state index contributed by atoms with van der Waals surface area (Å²) >= 11 is 0. The van der Waals surface area contributed by atoms with Gasteiger partial charge < -0.3 is 9.47 Å². The van der Waals surface area contributed by atoms with E-state index in [-0.39, 0.29) is 23.6 Å². The largest absolute Gasteiger partial charge is 0.378 e. The molecule has 0 aliphatic heterocycles. The number of nitrogens with zero attached hydrogens (tertiary/aromatic N) is 1. The Hall–Kier alpha value is -0.770. The molecule has 0 aromatic carbocycles. The molecule has 8 nitrogen and oxygen atoms in total. The molecule has 4 saturated carbocycles. The fourth-order valence-corrected chi connectivity index (χ4v) is 9.37. The minimum absolute atomic E-state index is 0.190. The first kappa shape index (κ1) is 30.2. The lowest BCUT2D eigenvalue weighted by Crippen LogP contribution is -2.57. The highest BCUT2D eigenvalue weighted by molar-refractivity contribution is 7.87. The highest BCUT2D eigenvalue weighted by Gasteiger charge is 2.53. The summed E-state index contributed by atoms with van der Waals surface area (Å²) in [5.74, 6) is 2.17. The molecule has 220 valence electrons. The molecule has 4 rings (SSSR count). The molecule has 0 amide bonds. The molecule has 7 unspecified atom stereocenters. The summed E-state index contributed by atoms with van der Waals surface area (Å²) in [6.45, 7) is 6.27. The van der Waals surface area contributed by atoms with Gasteiger partial charge in [-0.1, -0.05) is 39.5 Å². The average Bonchev–Trinajstić information content (AvgIpc) is 2.93. The molecular formula is C29H51NO7S. The summed E-state index contributed by atoms with van der Waals surface area (Å²) in [5.41, 5.74) is 0. The molecule has 0 saturated heterocycles. The van der Waals surface area contributed by atoms with E-state index in [0.29, 0.717) is 55.5 Å². The van der Waals surface area contributed by atoms with Crippen molar-refractivity contribution in [3.05, 3.63) is 10.1 Å². The number of fused-ring (bicyclic) bond motifs is 2. The first-order valence-corrected chi connectivity index (χ1v) is 17.1. The van der Waals surface area contributed by atoms with E-state index >= 15 is 0 Å². The van der Waals surface area contributed by atoms with E-state index in [1.54, 1.807) is 0 Å². The van der Waals surface area contributed by atoms with E-state index in [2.05, 4.69) is 13.8 Å². The molecule has 0 heterocycles. The van der Waals surface area contributed by atoms with E-state index < -0.39 is 21.4 Å². The Morgan fingerprint density at radius 2 is 1.32 bits per heavy atom. The summed E-state index contributed by atoms with van der Waals surface area (Å²) < 4.78 is 45.0. The van der Waals surface area contributed by atoms with Gasteiger partial charge in [0.15, 0.2) is 0 Å². The van der Waals surface area contributed by atoms with Crippen molar-refractivity contribution in [3.8, 4) is 0 Å². The summed E-state index contributed by atoms with van der Waals surface area (Å²) in [5, 5.41) is 10.4. The molecule has 7 atom stereocenters. The molecule has 0 spiro atoms. The van der Waals surface area contributed by atoms with Crippen LogP contribution in [0.25, 0.3) is 0 Å². The fraction of sp³-hybridized carbons (Fsp3) is 1.00. The van der Waals surface area contributed by atoms with Crippen LogP contribution in [0.2, 0.25) is 0 Å². The van der Waals surface area contributed by atoms with Crippen LogP contribution >= 0.6 is 0 Å². The highest BCUT2D eigenvalue weighted by Crippen LogP contribution is 2.53. The topological polar surface area (TPSA) is 105 Å². The summed E-state index contributed by atoms with van der Waals surface area (Å²) in [6.07, 6.45) is 14.1. The third-order valence-electron chi connectivity index (χ3n) is 10.1. The van der Waals surface area contributed by atoms with Crippen LogP contribution in [-0.4, -0.2) is 56.7 Å². The molecule has 4 aliphatic rings. The van der Waals surface area contributed by atoms with Gasteiger partial charge in [0, 0.05) is 31.0 Å². The number of nitro groups is 1. The van der Waals surface area contributed by atoms with E-state index in [4.69, 9.17) is 13.7 Å². The zero-order chi connectivity index (χ0) is 27.1. The van der Waals surface area contributed by atoms with Crippen LogP contribution in [-0.2, 0) is 23.8 Å². The second kappa shape index (κ2) is 14.2. The van der Waals surface area contributed by atoms with Crippen molar-refractivity contribution in [1.29, 1.82) is 0 Å². The van der Waals surface area contributed by atoms with Crippen molar-refractivity contribution in [3.63, 3.8) is 0 Å². The van der Waals surface area contributed by atoms with Crippen molar-refractivity contribution in [2.75, 3.05) is 19.8 Å². The zero-order valence-corrected chi connectivity index (χ0v) is 24.5. The van der Waals surface area contributed by atoms with Crippen LogP contribution in [0, 0.1) is 39.7 Å². The maximum atomic E-state index is 13.0. The standard InChI is InChI=1S/C29H51NO7S/c1-3-5-17-35-28-24-9-7-8-10-25(24)29(36-18-6-4-2)27-19-21(11-16-26(27)28)20-37-38(33,34)23-14-12-22(13-15-23)30(31)32/h21-29H,3-20H2,1-2H3. The van der Waals surface area contributed by atoms with Gasteiger partial charge in [-0.25, -0.2) is 0 Å². The fourth-order valence-electron chi connectivity index (χ4n) is 7.95. The van der Waals surface area contributed by atoms with Crippen LogP contribution in [0.1, 0.15) is 110 Å². The van der Waals surface area contributed by atoms with E-state index in [1.807, 2.05) is 0 Å². The first-order chi connectivity index (χ1) is 18.4. The quantitative estimate of drug-likeness (QED) is 0.116. The van der Waals surface area contributed by atoms with Crippen molar-refractivity contribution in [2.24, 2.45) is 29.6 Å². The minimum atomic E-state index is -3.72. The number of hydrogen-bond donors (Lipinski definition) is 0. The third kappa shape index (κ3) is 7.29. The molecule has 0 aromatic heterocycles. The Balaban J connectivity index is 1.41. The van der Waals surface area contributed by atoms with E-state index in [0.717, 1.165) is 58.2 Å². The third-order valence-corrected chi connectivity index (χ3v) is 11.8. The van der Waals surface area contributed by atoms with Crippen LogP contribution in [0.5, 0.6) is 0 Å². The van der Waals surface area contributed by atoms with Gasteiger partial charge in [0.25, 0.3) is 10.1 Å². The van der Waals surface area contributed by atoms with Crippen LogP contribution in [0.15, 0.2) is 0 Å². The number of hydrogen-bond acceptors (Lipinski definition) is 7. The summed E-state index contributed by atoms with van der Waals surface area (Å²) in [6, 6.07) is -0.622. The zero-order valence-electron chi connectivity index (χ0n) is 23.6. The molecule has 9 heteroatoms. The molecule has 0 bridgehead atoms. The maximum Gasteiger partial charge on any atom is 0.270 e. The van der Waals surface area contributed by atoms with Crippen LogP contribution in [0.3, 0.4) is 0 Å². The first-order valence-electron chi connectivity index (χ1n) is 15.6. The number of ether oxygens (including phenoxy) is 2. The summed E-state index contributed by atoms with van der Waals surface area (Å²) in [4.78, 5) is 10.8. The highest BCUT2D eigenvalue weighted by atomic mass is 32.2. The predicted octanol–water partition coefficient (Wildman–Crippen LogP) is 6.14. The van der Waals surface area contributed by atoms with Crippen molar-refractivity contribution >= 4 is 10.1 Å². The average molecular weight is 558 g/mol. The number of unbranched alkanes of at least 4 members (excludes halogenated alkanes) is 2. The Kier molecular flexibility index (Phi) is 11.3. The smallest absolute Gasteiger partial charge is 0.270 e. The Labute approximate surface area is 230 Å². The van der Waals surface area contributed by atoms with Gasteiger partial charge in [-0.05, 0) is 87.4 Å². The van der Waals surface area contributed by atoms with Crippen LogP contribution in [0.4, 0.5) is 0 Å². The maximum absolute atomic E-state index is 13.0. The molecule has 38 heavy (non-hydrogen) atoms. The SMILES string of the molecule is CCCCOC1C2CCCCC2C(OCCCC)C2CC(COS(=O)(=O)C3CCC([N+](=O)[O-])CC3)CCC21. The predicted molar refractivity (Wildman–Crippen MR) is 147 cm³/mol.